The number of aromatic nitrogens is 2. The number of aliphatic carboxylic acids is 1. The average Bonchev–Trinajstić information content (AvgIpc) is 2.82. The summed E-state index contributed by atoms with van der Waals surface area (Å²) < 4.78 is 15.8. The summed E-state index contributed by atoms with van der Waals surface area (Å²) in [5.41, 5.74) is 1.83. The highest BCUT2D eigenvalue weighted by Crippen LogP contribution is 2.17. The number of benzene rings is 1. The second kappa shape index (κ2) is 6.60. The number of carbonyl (C=O) groups is 2. The molecule has 2 N–H and O–H groups in total. The van der Waals surface area contributed by atoms with Crippen LogP contribution in [0, 0.1) is 19.7 Å². The minimum absolute atomic E-state index is 0.0625. The highest BCUT2D eigenvalue weighted by molar-refractivity contribution is 5.96. The first-order valence-electron chi connectivity index (χ1n) is 7.20. The number of hydrogen-bond acceptors (Lipinski definition) is 3. The van der Waals surface area contributed by atoms with E-state index in [1.165, 1.54) is 16.8 Å². The lowest BCUT2D eigenvalue weighted by Gasteiger charge is -2.13. The summed E-state index contributed by atoms with van der Waals surface area (Å²) in [5.74, 6) is -2.36. The van der Waals surface area contributed by atoms with Crippen molar-refractivity contribution < 1.29 is 19.1 Å². The second-order valence-electron chi connectivity index (χ2n) is 5.28. The second-order valence-corrected chi connectivity index (χ2v) is 5.28. The molecule has 1 aromatic heterocycles. The molecular weight excluding hydrogens is 301 g/mol. The van der Waals surface area contributed by atoms with Gasteiger partial charge in [0.2, 0.25) is 0 Å². The van der Waals surface area contributed by atoms with E-state index in [2.05, 4.69) is 10.4 Å². The maximum Gasteiger partial charge on any atom is 0.326 e. The van der Waals surface area contributed by atoms with Crippen molar-refractivity contribution in [3.8, 4) is 5.69 Å². The number of carboxylic acids is 1. The van der Waals surface area contributed by atoms with Crippen molar-refractivity contribution in [3.05, 3.63) is 47.0 Å². The number of aryl methyl sites for hydroxylation is 2. The number of nitrogens with one attached hydrogen (secondary N) is 1. The quantitative estimate of drug-likeness (QED) is 0.885. The lowest BCUT2D eigenvalue weighted by atomic mass is 10.1. The van der Waals surface area contributed by atoms with Gasteiger partial charge in [-0.25, -0.2) is 13.9 Å². The first-order chi connectivity index (χ1) is 10.8. The molecule has 1 atom stereocenters. The maximum absolute atomic E-state index is 14.3. The molecule has 0 saturated heterocycles. The van der Waals surface area contributed by atoms with Crippen LogP contribution < -0.4 is 5.32 Å². The van der Waals surface area contributed by atoms with Crippen LogP contribution in [0.15, 0.2) is 24.3 Å². The molecule has 0 saturated carbocycles. The third-order valence-corrected chi connectivity index (χ3v) is 3.46. The lowest BCUT2D eigenvalue weighted by Crippen LogP contribution is -2.40. The fourth-order valence-corrected chi connectivity index (χ4v) is 2.27. The van der Waals surface area contributed by atoms with E-state index >= 15 is 0 Å². The van der Waals surface area contributed by atoms with Gasteiger partial charge < -0.3 is 10.4 Å². The highest BCUT2D eigenvalue weighted by Gasteiger charge is 2.19. The summed E-state index contributed by atoms with van der Waals surface area (Å²) in [6, 6.07) is 4.79. The van der Waals surface area contributed by atoms with Gasteiger partial charge in [-0.2, -0.15) is 5.10 Å². The minimum atomic E-state index is -1.12. The van der Waals surface area contributed by atoms with Crippen molar-refractivity contribution in [1.82, 2.24) is 15.1 Å². The van der Waals surface area contributed by atoms with E-state index in [1.807, 2.05) is 6.07 Å². The Morgan fingerprint density at radius 1 is 1.35 bits per heavy atom. The molecule has 2 aromatic rings. The van der Waals surface area contributed by atoms with E-state index < -0.39 is 23.7 Å². The van der Waals surface area contributed by atoms with Crippen LogP contribution in [0.5, 0.6) is 0 Å². The van der Waals surface area contributed by atoms with Crippen molar-refractivity contribution in [1.29, 1.82) is 0 Å². The van der Waals surface area contributed by atoms with Crippen LogP contribution in [-0.2, 0) is 4.79 Å². The largest absolute Gasteiger partial charge is 0.480 e. The normalized spacial score (nSPS) is 12.0. The Kier molecular flexibility index (Phi) is 4.78. The summed E-state index contributed by atoms with van der Waals surface area (Å²) in [4.78, 5) is 23.0. The minimum Gasteiger partial charge on any atom is -0.480 e. The molecule has 1 unspecified atom stereocenters. The summed E-state index contributed by atoms with van der Waals surface area (Å²) in [6.07, 6.45) is 0.243. The maximum atomic E-state index is 14.3. The molecule has 7 heteroatoms. The number of amides is 1. The summed E-state index contributed by atoms with van der Waals surface area (Å²) in [7, 11) is 0. The molecule has 0 spiro atoms. The van der Waals surface area contributed by atoms with Gasteiger partial charge in [0.05, 0.1) is 5.69 Å². The molecule has 0 aliphatic heterocycles. The predicted molar refractivity (Wildman–Crippen MR) is 82.2 cm³/mol. The van der Waals surface area contributed by atoms with Gasteiger partial charge >= 0.3 is 5.97 Å². The van der Waals surface area contributed by atoms with Crippen LogP contribution in [-0.4, -0.2) is 32.8 Å². The van der Waals surface area contributed by atoms with Crippen molar-refractivity contribution >= 4 is 11.9 Å². The van der Waals surface area contributed by atoms with Gasteiger partial charge in [-0.05, 0) is 44.5 Å². The van der Waals surface area contributed by atoms with Crippen molar-refractivity contribution in [2.45, 2.75) is 33.2 Å². The molecule has 2 rings (SSSR count). The van der Waals surface area contributed by atoms with Gasteiger partial charge in [-0.1, -0.05) is 6.92 Å². The SMILES string of the molecule is CCC(NC(=O)c1ccc(-n2nc(C)cc2C)c(F)c1)C(=O)O. The topological polar surface area (TPSA) is 84.2 Å². The van der Waals surface area contributed by atoms with Gasteiger partial charge in [0.1, 0.15) is 17.5 Å². The van der Waals surface area contributed by atoms with Crippen molar-refractivity contribution in [3.63, 3.8) is 0 Å². The van der Waals surface area contributed by atoms with E-state index in [-0.39, 0.29) is 17.7 Å². The number of carboxylic acid groups (broad SMARTS) is 1. The Bertz CT molecular complexity index is 755. The van der Waals surface area contributed by atoms with Crippen molar-refractivity contribution in [2.75, 3.05) is 0 Å². The van der Waals surface area contributed by atoms with Gasteiger partial charge in [0.15, 0.2) is 0 Å². The average molecular weight is 319 g/mol. The molecule has 0 fully saturated rings. The molecule has 6 nitrogen and oxygen atoms in total. The Morgan fingerprint density at radius 2 is 2.04 bits per heavy atom. The van der Waals surface area contributed by atoms with E-state index in [9.17, 15) is 14.0 Å². The smallest absolute Gasteiger partial charge is 0.326 e. The van der Waals surface area contributed by atoms with Gasteiger partial charge in [-0.3, -0.25) is 4.79 Å². The van der Waals surface area contributed by atoms with E-state index in [0.717, 1.165) is 17.5 Å². The molecule has 0 radical (unpaired) electrons. The number of carbonyl (C=O) groups excluding carboxylic acids is 1. The molecule has 1 aromatic carbocycles. The zero-order chi connectivity index (χ0) is 17.1. The molecule has 1 amide bonds. The molecule has 0 aliphatic rings. The van der Waals surface area contributed by atoms with E-state index in [4.69, 9.17) is 5.11 Å². The monoisotopic (exact) mass is 319 g/mol. The molecule has 122 valence electrons. The molecule has 23 heavy (non-hydrogen) atoms. The number of nitrogens with zero attached hydrogens (tertiary/aromatic N) is 2. The summed E-state index contributed by atoms with van der Waals surface area (Å²) in [6.45, 7) is 5.25. The fraction of sp³-hybridized carbons (Fsp3) is 0.312. The van der Waals surface area contributed by atoms with Gasteiger partial charge in [-0.15, -0.1) is 0 Å². The Morgan fingerprint density at radius 3 is 2.52 bits per heavy atom. The summed E-state index contributed by atoms with van der Waals surface area (Å²) in [5, 5.41) is 15.5. The number of halogens is 1. The Balaban J connectivity index is 2.27. The van der Waals surface area contributed by atoms with Crippen LogP contribution in [0.2, 0.25) is 0 Å². The molecule has 1 heterocycles. The summed E-state index contributed by atoms with van der Waals surface area (Å²) >= 11 is 0. The Labute approximate surface area is 132 Å². The van der Waals surface area contributed by atoms with Crippen molar-refractivity contribution in [2.24, 2.45) is 0 Å². The van der Waals surface area contributed by atoms with E-state index in [1.54, 1.807) is 20.8 Å². The van der Waals surface area contributed by atoms with Crippen LogP contribution in [0.1, 0.15) is 35.1 Å². The molecule has 0 aliphatic carbocycles. The fourth-order valence-electron chi connectivity index (χ4n) is 2.27. The lowest BCUT2D eigenvalue weighted by molar-refractivity contribution is -0.139. The zero-order valence-corrected chi connectivity index (χ0v) is 13.1. The van der Waals surface area contributed by atoms with E-state index in [0.29, 0.717) is 0 Å². The highest BCUT2D eigenvalue weighted by atomic mass is 19.1. The number of rotatable bonds is 5. The molecular formula is C16H18FN3O3. The Hall–Kier alpha value is -2.70. The van der Waals surface area contributed by atoms with Crippen LogP contribution in [0.4, 0.5) is 4.39 Å². The molecule has 0 bridgehead atoms. The first kappa shape index (κ1) is 16.7. The predicted octanol–water partition coefficient (Wildman–Crippen LogP) is 2.22. The van der Waals surface area contributed by atoms with Crippen LogP contribution in [0.25, 0.3) is 5.69 Å². The third-order valence-electron chi connectivity index (χ3n) is 3.46. The zero-order valence-electron chi connectivity index (χ0n) is 13.1. The van der Waals surface area contributed by atoms with Gasteiger partial charge in [0.25, 0.3) is 5.91 Å². The first-order valence-corrected chi connectivity index (χ1v) is 7.20. The third kappa shape index (κ3) is 3.56. The number of hydrogen-bond donors (Lipinski definition) is 2. The van der Waals surface area contributed by atoms with Crippen LogP contribution >= 0.6 is 0 Å². The van der Waals surface area contributed by atoms with Gasteiger partial charge in [0, 0.05) is 11.3 Å². The van der Waals surface area contributed by atoms with Crippen LogP contribution in [0.3, 0.4) is 0 Å². The standard InChI is InChI=1S/C16H18FN3O3/c1-4-13(16(22)23)18-15(21)11-5-6-14(12(17)8-11)20-10(3)7-9(2)19-20/h5-8,13H,4H2,1-3H3,(H,18,21)(H,22,23).